The summed E-state index contributed by atoms with van der Waals surface area (Å²) in [5, 5.41) is 8.54. The van der Waals surface area contributed by atoms with Gasteiger partial charge in [0.1, 0.15) is 5.75 Å². The van der Waals surface area contributed by atoms with E-state index >= 15 is 0 Å². The molecule has 0 spiro atoms. The van der Waals surface area contributed by atoms with E-state index in [1.54, 1.807) is 12.1 Å². The Labute approximate surface area is 112 Å². The summed E-state index contributed by atoms with van der Waals surface area (Å²) < 4.78 is 5.14. The molecule has 1 rings (SSSR count). The van der Waals surface area contributed by atoms with Gasteiger partial charge in [-0.1, -0.05) is 26.0 Å². The molecule has 5 nitrogen and oxygen atoms in total. The minimum Gasteiger partial charge on any atom is -0.481 e. The van der Waals surface area contributed by atoms with Gasteiger partial charge in [0.25, 0.3) is 0 Å². The van der Waals surface area contributed by atoms with E-state index in [4.69, 9.17) is 9.84 Å². The van der Waals surface area contributed by atoms with Crippen molar-refractivity contribution in [1.29, 1.82) is 0 Å². The number of rotatable bonds is 5. The summed E-state index contributed by atoms with van der Waals surface area (Å²) in [6.07, 6.45) is -0.656. The molecule has 1 amide bonds. The lowest BCUT2D eigenvalue weighted by molar-refractivity contribution is -0.137. The van der Waals surface area contributed by atoms with Crippen LogP contribution in [0.15, 0.2) is 24.3 Å². The van der Waals surface area contributed by atoms with E-state index in [0.29, 0.717) is 11.7 Å². The summed E-state index contributed by atoms with van der Waals surface area (Å²) in [4.78, 5) is 23.3. The highest BCUT2D eigenvalue weighted by atomic mass is 16.6. The molecule has 0 radical (unpaired) electrons. The topological polar surface area (TPSA) is 66.8 Å². The fourth-order valence-electron chi connectivity index (χ4n) is 1.45. The monoisotopic (exact) mass is 265 g/mol. The molecule has 0 unspecified atom stereocenters. The summed E-state index contributed by atoms with van der Waals surface area (Å²) in [5.74, 6) is -0.0690. The van der Waals surface area contributed by atoms with Crippen molar-refractivity contribution in [2.24, 2.45) is 0 Å². The molecule has 0 aliphatic carbocycles. The Hall–Kier alpha value is -2.04. The first-order valence-electron chi connectivity index (χ1n) is 6.15. The number of carbonyl (C=O) groups excluding carboxylic acids is 1. The predicted octanol–water partition coefficient (Wildman–Crippen LogP) is 2.72. The first-order chi connectivity index (χ1) is 8.90. The van der Waals surface area contributed by atoms with Gasteiger partial charge >= 0.3 is 12.1 Å². The van der Waals surface area contributed by atoms with Crippen molar-refractivity contribution >= 4 is 12.1 Å². The number of nitrogens with zero attached hydrogens (tertiary/aromatic N) is 1. The smallest absolute Gasteiger partial charge is 0.414 e. The second kappa shape index (κ2) is 6.78. The number of carboxylic acid groups (broad SMARTS) is 1. The van der Waals surface area contributed by atoms with Crippen molar-refractivity contribution in [2.75, 3.05) is 13.6 Å². The third-order valence-electron chi connectivity index (χ3n) is 2.72. The van der Waals surface area contributed by atoms with Gasteiger partial charge in [0.05, 0.1) is 6.42 Å². The van der Waals surface area contributed by atoms with E-state index in [-0.39, 0.29) is 13.0 Å². The van der Waals surface area contributed by atoms with E-state index in [2.05, 4.69) is 13.8 Å². The Morgan fingerprint density at radius 3 is 2.32 bits per heavy atom. The second-order valence-corrected chi connectivity index (χ2v) is 4.66. The molecule has 5 heteroatoms. The number of aliphatic carboxylic acids is 1. The highest BCUT2D eigenvalue weighted by Crippen LogP contribution is 2.18. The van der Waals surface area contributed by atoms with E-state index in [1.807, 2.05) is 12.1 Å². The summed E-state index contributed by atoms with van der Waals surface area (Å²) in [7, 11) is 1.51. The van der Waals surface area contributed by atoms with E-state index in [1.165, 1.54) is 17.5 Å². The number of carbonyl (C=O) groups is 2. The highest BCUT2D eigenvalue weighted by Gasteiger charge is 2.12. The van der Waals surface area contributed by atoms with E-state index in [9.17, 15) is 9.59 Å². The molecule has 0 atom stereocenters. The first-order valence-corrected chi connectivity index (χ1v) is 6.15. The van der Waals surface area contributed by atoms with Gasteiger partial charge in [-0.25, -0.2) is 4.79 Å². The van der Waals surface area contributed by atoms with Crippen molar-refractivity contribution in [2.45, 2.75) is 26.2 Å². The number of ether oxygens (including phenoxy) is 1. The Morgan fingerprint density at radius 1 is 1.26 bits per heavy atom. The van der Waals surface area contributed by atoms with Crippen LogP contribution in [0.4, 0.5) is 4.79 Å². The van der Waals surface area contributed by atoms with Gasteiger partial charge in [-0.2, -0.15) is 0 Å². The fraction of sp³-hybridized carbons (Fsp3) is 0.429. The molecule has 0 bridgehead atoms. The SMILES string of the molecule is CC(C)c1ccc(OC(=O)N(C)CCC(=O)O)cc1. The lowest BCUT2D eigenvalue weighted by Gasteiger charge is -2.15. The van der Waals surface area contributed by atoms with Crippen LogP contribution < -0.4 is 4.74 Å². The van der Waals surface area contributed by atoms with E-state index < -0.39 is 12.1 Å². The first kappa shape index (κ1) is 15.0. The molecule has 0 heterocycles. The zero-order valence-corrected chi connectivity index (χ0v) is 11.4. The minimum atomic E-state index is -0.944. The van der Waals surface area contributed by atoms with Crippen LogP contribution in [-0.2, 0) is 4.79 Å². The van der Waals surface area contributed by atoms with Crippen LogP contribution in [0.2, 0.25) is 0 Å². The fourth-order valence-corrected chi connectivity index (χ4v) is 1.45. The zero-order valence-electron chi connectivity index (χ0n) is 11.4. The molecular weight excluding hydrogens is 246 g/mol. The molecule has 0 saturated heterocycles. The predicted molar refractivity (Wildman–Crippen MR) is 71.4 cm³/mol. The Bertz CT molecular complexity index is 439. The van der Waals surface area contributed by atoms with Crippen LogP contribution in [0.3, 0.4) is 0 Å². The van der Waals surface area contributed by atoms with Gasteiger partial charge < -0.3 is 14.7 Å². The molecule has 19 heavy (non-hydrogen) atoms. The third kappa shape index (κ3) is 4.99. The molecule has 1 N–H and O–H groups in total. The van der Waals surface area contributed by atoms with Crippen LogP contribution in [0.5, 0.6) is 5.75 Å². The van der Waals surface area contributed by atoms with Crippen LogP contribution >= 0.6 is 0 Å². The molecule has 104 valence electrons. The number of benzene rings is 1. The molecule has 0 fully saturated rings. The lowest BCUT2D eigenvalue weighted by atomic mass is 10.0. The van der Waals surface area contributed by atoms with Crippen molar-refractivity contribution in [3.05, 3.63) is 29.8 Å². The number of hydrogen-bond acceptors (Lipinski definition) is 3. The van der Waals surface area contributed by atoms with Crippen LogP contribution in [0, 0.1) is 0 Å². The van der Waals surface area contributed by atoms with Crippen molar-refractivity contribution in [3.8, 4) is 5.75 Å². The molecule has 0 saturated carbocycles. The summed E-state index contributed by atoms with van der Waals surface area (Å²) in [6, 6.07) is 7.28. The summed E-state index contributed by atoms with van der Waals surface area (Å²) >= 11 is 0. The molecule has 0 aliphatic heterocycles. The number of carboxylic acids is 1. The quantitative estimate of drug-likeness (QED) is 0.888. The largest absolute Gasteiger partial charge is 0.481 e. The van der Waals surface area contributed by atoms with Gasteiger partial charge in [-0.05, 0) is 23.6 Å². The maximum atomic E-state index is 11.7. The van der Waals surface area contributed by atoms with Crippen LogP contribution in [0.1, 0.15) is 31.7 Å². The zero-order chi connectivity index (χ0) is 14.4. The van der Waals surface area contributed by atoms with Crippen LogP contribution in [0.25, 0.3) is 0 Å². The third-order valence-corrected chi connectivity index (χ3v) is 2.72. The van der Waals surface area contributed by atoms with E-state index in [0.717, 1.165) is 0 Å². The van der Waals surface area contributed by atoms with Gasteiger partial charge in [0, 0.05) is 13.6 Å². The maximum absolute atomic E-state index is 11.7. The Morgan fingerprint density at radius 2 is 1.84 bits per heavy atom. The molecule has 1 aromatic rings. The maximum Gasteiger partial charge on any atom is 0.414 e. The van der Waals surface area contributed by atoms with Gasteiger partial charge in [0.2, 0.25) is 0 Å². The van der Waals surface area contributed by atoms with Gasteiger partial charge in [-0.3, -0.25) is 4.79 Å². The van der Waals surface area contributed by atoms with Gasteiger partial charge in [-0.15, -0.1) is 0 Å². The Balaban J connectivity index is 2.54. The average Bonchev–Trinajstić information content (AvgIpc) is 2.36. The Kier molecular flexibility index (Phi) is 5.36. The van der Waals surface area contributed by atoms with Crippen molar-refractivity contribution < 1.29 is 19.4 Å². The van der Waals surface area contributed by atoms with Gasteiger partial charge in [0.15, 0.2) is 0 Å². The molecule has 0 aromatic heterocycles. The molecule has 1 aromatic carbocycles. The average molecular weight is 265 g/mol. The highest BCUT2D eigenvalue weighted by molar-refractivity contribution is 5.72. The summed E-state index contributed by atoms with van der Waals surface area (Å²) in [5.41, 5.74) is 1.17. The van der Waals surface area contributed by atoms with Crippen molar-refractivity contribution in [3.63, 3.8) is 0 Å². The molecular formula is C14H19NO4. The number of amides is 1. The van der Waals surface area contributed by atoms with Crippen LogP contribution in [-0.4, -0.2) is 35.7 Å². The number of hydrogen-bond donors (Lipinski definition) is 1. The normalized spacial score (nSPS) is 10.3. The minimum absolute atomic E-state index is 0.0993. The van der Waals surface area contributed by atoms with Crippen molar-refractivity contribution in [1.82, 2.24) is 4.90 Å². The molecule has 0 aliphatic rings. The lowest BCUT2D eigenvalue weighted by Crippen LogP contribution is -2.31. The summed E-state index contributed by atoms with van der Waals surface area (Å²) in [6.45, 7) is 4.29. The standard InChI is InChI=1S/C14H19NO4/c1-10(2)11-4-6-12(7-5-11)19-14(18)15(3)9-8-13(16)17/h4-7,10H,8-9H2,1-3H3,(H,16,17). The second-order valence-electron chi connectivity index (χ2n) is 4.66.